The summed E-state index contributed by atoms with van der Waals surface area (Å²) in [6, 6.07) is 22.1. The number of hydrogen-bond donors (Lipinski definition) is 2. The average Bonchev–Trinajstić information content (AvgIpc) is 3.37. The Hall–Kier alpha value is -4.79. The summed E-state index contributed by atoms with van der Waals surface area (Å²) >= 11 is 0. The van der Waals surface area contributed by atoms with Gasteiger partial charge in [-0.1, -0.05) is 24.3 Å². The predicted octanol–water partition coefficient (Wildman–Crippen LogP) is 3.35. The number of nitrogens with one attached hydrogen (secondary N) is 1. The summed E-state index contributed by atoms with van der Waals surface area (Å²) in [6.07, 6.45) is 1.71. The molecule has 4 rings (SSSR count). The third kappa shape index (κ3) is 5.64. The van der Waals surface area contributed by atoms with Crippen LogP contribution in [0.15, 0.2) is 79.0 Å². The van der Waals surface area contributed by atoms with Crippen LogP contribution in [0.3, 0.4) is 0 Å². The average molecular weight is 487 g/mol. The van der Waals surface area contributed by atoms with E-state index in [0.29, 0.717) is 28.5 Å². The van der Waals surface area contributed by atoms with Crippen molar-refractivity contribution in [2.45, 2.75) is 6.54 Å². The Morgan fingerprint density at radius 2 is 1.69 bits per heavy atom. The van der Waals surface area contributed by atoms with Crippen molar-refractivity contribution in [3.05, 3.63) is 90.1 Å². The lowest BCUT2D eigenvalue weighted by molar-refractivity contribution is -0.119. The molecule has 3 N–H and O–H groups in total. The Morgan fingerprint density at radius 1 is 0.944 bits per heavy atom. The number of aromatic nitrogens is 2. The summed E-state index contributed by atoms with van der Waals surface area (Å²) < 4.78 is 17.6. The lowest BCUT2D eigenvalue weighted by Crippen LogP contribution is -2.23. The lowest BCUT2D eigenvalue weighted by Gasteiger charge is -2.12. The highest BCUT2D eigenvalue weighted by molar-refractivity contribution is 6.00. The van der Waals surface area contributed by atoms with Gasteiger partial charge in [-0.15, -0.1) is 0 Å². The first-order chi connectivity index (χ1) is 17.5. The Balaban J connectivity index is 1.58. The number of carbonyl (C=O) groups excluding carboxylic acids is 2. The van der Waals surface area contributed by atoms with Crippen LogP contribution in [0, 0.1) is 0 Å². The number of rotatable bonds is 10. The SMILES string of the molecule is COc1ccc(-c2nn(-c3ccccc3)cc2C(=O)NCc2ccc(OCC(N)=O)c(OC)c2)cc1. The molecule has 0 unspecified atom stereocenters. The number of nitrogens with zero attached hydrogens (tertiary/aromatic N) is 2. The summed E-state index contributed by atoms with van der Waals surface area (Å²) in [6.45, 7) is -0.0180. The first-order valence-electron chi connectivity index (χ1n) is 11.1. The Kier molecular flexibility index (Phi) is 7.50. The van der Waals surface area contributed by atoms with E-state index in [1.165, 1.54) is 7.11 Å². The number of carbonyl (C=O) groups is 2. The van der Waals surface area contributed by atoms with Crippen LogP contribution < -0.4 is 25.3 Å². The Bertz CT molecular complexity index is 1350. The van der Waals surface area contributed by atoms with Crippen molar-refractivity contribution in [3.8, 4) is 34.2 Å². The van der Waals surface area contributed by atoms with Gasteiger partial charge in [0.05, 0.1) is 25.5 Å². The maximum Gasteiger partial charge on any atom is 0.255 e. The molecule has 9 heteroatoms. The van der Waals surface area contributed by atoms with Gasteiger partial charge in [0.25, 0.3) is 11.8 Å². The predicted molar refractivity (Wildman–Crippen MR) is 134 cm³/mol. The summed E-state index contributed by atoms with van der Waals surface area (Å²) in [5.74, 6) is 0.661. The molecule has 36 heavy (non-hydrogen) atoms. The largest absolute Gasteiger partial charge is 0.497 e. The van der Waals surface area contributed by atoms with E-state index in [9.17, 15) is 9.59 Å². The second-order valence-corrected chi connectivity index (χ2v) is 7.82. The minimum atomic E-state index is -0.586. The highest BCUT2D eigenvalue weighted by Crippen LogP contribution is 2.29. The summed E-state index contributed by atoms with van der Waals surface area (Å²) in [5, 5.41) is 7.64. The molecular formula is C27H26N4O5. The van der Waals surface area contributed by atoms with Gasteiger partial charge in [0, 0.05) is 18.3 Å². The van der Waals surface area contributed by atoms with Crippen molar-refractivity contribution in [2.75, 3.05) is 20.8 Å². The number of para-hydroxylation sites is 1. The van der Waals surface area contributed by atoms with E-state index in [0.717, 1.165) is 16.8 Å². The molecule has 1 aromatic heterocycles. The third-order valence-electron chi connectivity index (χ3n) is 5.39. The number of nitrogens with two attached hydrogens (primary N) is 1. The topological polar surface area (TPSA) is 118 Å². The second kappa shape index (κ2) is 11.1. The van der Waals surface area contributed by atoms with Crippen LogP contribution in [0.1, 0.15) is 15.9 Å². The van der Waals surface area contributed by atoms with E-state index in [1.54, 1.807) is 36.2 Å². The Morgan fingerprint density at radius 3 is 2.36 bits per heavy atom. The molecule has 0 fully saturated rings. The van der Waals surface area contributed by atoms with Gasteiger partial charge in [0.2, 0.25) is 0 Å². The fraction of sp³-hybridized carbons (Fsp3) is 0.148. The first-order valence-corrected chi connectivity index (χ1v) is 11.1. The number of amides is 2. The molecule has 9 nitrogen and oxygen atoms in total. The normalized spacial score (nSPS) is 10.5. The molecule has 3 aromatic carbocycles. The maximum absolute atomic E-state index is 13.3. The summed E-state index contributed by atoms with van der Waals surface area (Å²) in [4.78, 5) is 24.3. The van der Waals surface area contributed by atoms with Crippen LogP contribution in [0.25, 0.3) is 16.9 Å². The van der Waals surface area contributed by atoms with Crippen LogP contribution in [0.5, 0.6) is 17.2 Å². The minimum Gasteiger partial charge on any atom is -0.497 e. The van der Waals surface area contributed by atoms with Crippen LogP contribution in [0.2, 0.25) is 0 Å². The fourth-order valence-electron chi connectivity index (χ4n) is 3.58. The molecule has 1 heterocycles. The lowest BCUT2D eigenvalue weighted by atomic mass is 10.1. The number of primary amides is 1. The van der Waals surface area contributed by atoms with Crippen molar-refractivity contribution in [1.82, 2.24) is 15.1 Å². The quantitative estimate of drug-likeness (QED) is 0.355. The van der Waals surface area contributed by atoms with Gasteiger partial charge in [-0.3, -0.25) is 9.59 Å². The van der Waals surface area contributed by atoms with Crippen molar-refractivity contribution >= 4 is 11.8 Å². The van der Waals surface area contributed by atoms with E-state index < -0.39 is 5.91 Å². The maximum atomic E-state index is 13.3. The summed E-state index contributed by atoms with van der Waals surface area (Å²) in [7, 11) is 3.09. The van der Waals surface area contributed by atoms with Crippen molar-refractivity contribution in [3.63, 3.8) is 0 Å². The van der Waals surface area contributed by atoms with E-state index in [-0.39, 0.29) is 19.1 Å². The second-order valence-electron chi connectivity index (χ2n) is 7.82. The molecule has 0 bridgehead atoms. The molecule has 0 spiro atoms. The first kappa shape index (κ1) is 24.3. The van der Waals surface area contributed by atoms with Crippen LogP contribution in [0.4, 0.5) is 0 Å². The van der Waals surface area contributed by atoms with Gasteiger partial charge in [0.15, 0.2) is 18.1 Å². The molecule has 0 atom stereocenters. The van der Waals surface area contributed by atoms with Gasteiger partial charge in [0.1, 0.15) is 11.4 Å². The van der Waals surface area contributed by atoms with E-state index in [1.807, 2.05) is 54.6 Å². The number of hydrogen-bond acceptors (Lipinski definition) is 6. The Labute approximate surface area is 208 Å². The smallest absolute Gasteiger partial charge is 0.255 e. The van der Waals surface area contributed by atoms with Gasteiger partial charge >= 0.3 is 0 Å². The fourth-order valence-corrected chi connectivity index (χ4v) is 3.58. The molecule has 184 valence electrons. The monoisotopic (exact) mass is 486 g/mol. The third-order valence-corrected chi connectivity index (χ3v) is 5.39. The zero-order valence-electron chi connectivity index (χ0n) is 19.9. The number of benzene rings is 3. The van der Waals surface area contributed by atoms with Gasteiger partial charge in [-0.2, -0.15) is 5.10 Å². The zero-order chi connectivity index (χ0) is 25.5. The minimum absolute atomic E-state index is 0.240. The molecule has 0 saturated carbocycles. The molecule has 0 radical (unpaired) electrons. The standard InChI is InChI=1S/C27H26N4O5/c1-34-21-11-9-19(10-12-21)26-22(16-31(30-26)20-6-4-3-5-7-20)27(33)29-15-18-8-13-23(24(14-18)35-2)36-17-25(28)32/h3-14,16H,15,17H2,1-2H3,(H2,28,32)(H,29,33). The van der Waals surface area contributed by atoms with Crippen molar-refractivity contribution in [1.29, 1.82) is 0 Å². The highest BCUT2D eigenvalue weighted by atomic mass is 16.5. The van der Waals surface area contributed by atoms with Gasteiger partial charge in [-0.05, 0) is 54.1 Å². The van der Waals surface area contributed by atoms with Crippen molar-refractivity contribution in [2.24, 2.45) is 5.73 Å². The molecule has 4 aromatic rings. The van der Waals surface area contributed by atoms with Crippen LogP contribution in [-0.4, -0.2) is 42.4 Å². The number of ether oxygens (including phenoxy) is 3. The summed E-state index contributed by atoms with van der Waals surface area (Å²) in [5.41, 5.74) is 8.52. The molecule has 0 aliphatic heterocycles. The molecular weight excluding hydrogens is 460 g/mol. The van der Waals surface area contributed by atoms with Crippen LogP contribution in [-0.2, 0) is 11.3 Å². The molecule has 0 aliphatic carbocycles. The number of methoxy groups -OCH3 is 2. The highest BCUT2D eigenvalue weighted by Gasteiger charge is 2.19. The van der Waals surface area contributed by atoms with Crippen molar-refractivity contribution < 1.29 is 23.8 Å². The van der Waals surface area contributed by atoms with Crippen LogP contribution >= 0.6 is 0 Å². The van der Waals surface area contributed by atoms with Gasteiger partial charge < -0.3 is 25.3 Å². The van der Waals surface area contributed by atoms with E-state index >= 15 is 0 Å². The molecule has 0 aliphatic rings. The van der Waals surface area contributed by atoms with Gasteiger partial charge in [-0.25, -0.2) is 4.68 Å². The molecule has 0 saturated heterocycles. The molecule has 2 amide bonds. The van der Waals surface area contributed by atoms with E-state index in [2.05, 4.69) is 5.32 Å². The van der Waals surface area contributed by atoms with E-state index in [4.69, 9.17) is 25.0 Å². The zero-order valence-corrected chi connectivity index (χ0v) is 19.9.